The Morgan fingerprint density at radius 3 is 2.23 bits per heavy atom. The van der Waals surface area contributed by atoms with Crippen LogP contribution in [0.25, 0.3) is 21.7 Å². The van der Waals surface area contributed by atoms with Crippen LogP contribution in [0.3, 0.4) is 0 Å². The Hall–Kier alpha value is -2.72. The molecule has 0 unspecified atom stereocenters. The first kappa shape index (κ1) is 22.0. The highest BCUT2D eigenvalue weighted by atomic mass is 32.1. The van der Waals surface area contributed by atoms with Gasteiger partial charge in [0.25, 0.3) is 0 Å². The summed E-state index contributed by atoms with van der Waals surface area (Å²) in [5.41, 5.74) is 3.36. The van der Waals surface area contributed by atoms with E-state index < -0.39 is 0 Å². The number of carbonyl (C=O) groups excluding carboxylic acids is 1. The van der Waals surface area contributed by atoms with Gasteiger partial charge in [0.15, 0.2) is 0 Å². The lowest BCUT2D eigenvalue weighted by Gasteiger charge is -2.05. The molecular weight excluding hydrogens is 390 g/mol. The number of aromatic nitrogens is 1. The second kappa shape index (κ2) is 11.5. The molecule has 0 amide bonds. The summed E-state index contributed by atoms with van der Waals surface area (Å²) in [5.74, 6) is 0.182. The number of rotatable bonds is 10. The van der Waals surface area contributed by atoms with Crippen molar-refractivity contribution in [3.8, 4) is 27.4 Å². The number of nitrogens with zero attached hydrogens (tertiary/aromatic N) is 1. The van der Waals surface area contributed by atoms with Gasteiger partial charge in [-0.05, 0) is 43.0 Å². The molecule has 1 heterocycles. The molecule has 0 N–H and O–H groups in total. The first-order valence-electron chi connectivity index (χ1n) is 10.7. The number of benzene rings is 2. The number of thiazole rings is 1. The molecule has 30 heavy (non-hydrogen) atoms. The van der Waals surface area contributed by atoms with E-state index >= 15 is 0 Å². The Kier molecular flexibility index (Phi) is 8.40. The SMILES string of the molecule is CC=CC(=O)Oc1ccc(-c2ccc(-c3ncc(CCCCCCC)s3)cc2)cc1. The molecule has 0 saturated heterocycles. The number of carbonyl (C=O) groups is 1. The maximum absolute atomic E-state index is 11.5. The number of ether oxygens (including phenoxy) is 1. The van der Waals surface area contributed by atoms with Crippen molar-refractivity contribution in [3.05, 3.63) is 71.8 Å². The Bertz CT molecular complexity index is 955. The highest BCUT2D eigenvalue weighted by Gasteiger charge is 2.07. The molecule has 1 aromatic heterocycles. The predicted octanol–water partition coefficient (Wildman–Crippen LogP) is 7.47. The lowest BCUT2D eigenvalue weighted by molar-refractivity contribution is -0.129. The molecule has 2 aromatic carbocycles. The van der Waals surface area contributed by atoms with Gasteiger partial charge in [0, 0.05) is 22.7 Å². The molecular formula is C26H29NO2S. The summed E-state index contributed by atoms with van der Waals surface area (Å²) in [6, 6.07) is 16.0. The van der Waals surface area contributed by atoms with Crippen LogP contribution in [0.5, 0.6) is 5.75 Å². The summed E-state index contributed by atoms with van der Waals surface area (Å²) in [4.78, 5) is 17.5. The molecule has 4 heteroatoms. The van der Waals surface area contributed by atoms with Crippen molar-refractivity contribution in [2.24, 2.45) is 0 Å². The molecule has 3 nitrogen and oxygen atoms in total. The van der Waals surface area contributed by atoms with Crippen LogP contribution in [0.4, 0.5) is 0 Å². The second-order valence-electron chi connectivity index (χ2n) is 7.32. The third kappa shape index (κ3) is 6.39. The van der Waals surface area contributed by atoms with Crippen LogP contribution in [0.1, 0.15) is 50.8 Å². The van der Waals surface area contributed by atoms with Crippen LogP contribution in [-0.2, 0) is 11.2 Å². The molecule has 0 saturated carbocycles. The Morgan fingerprint density at radius 2 is 1.57 bits per heavy atom. The van der Waals surface area contributed by atoms with E-state index in [0.29, 0.717) is 5.75 Å². The molecule has 3 aromatic rings. The quantitative estimate of drug-likeness (QED) is 0.148. The van der Waals surface area contributed by atoms with E-state index in [-0.39, 0.29) is 5.97 Å². The summed E-state index contributed by atoms with van der Waals surface area (Å²) in [7, 11) is 0. The lowest BCUT2D eigenvalue weighted by atomic mass is 10.0. The van der Waals surface area contributed by atoms with E-state index in [4.69, 9.17) is 4.74 Å². The molecule has 0 atom stereocenters. The summed E-state index contributed by atoms with van der Waals surface area (Å²) < 4.78 is 5.24. The van der Waals surface area contributed by atoms with Gasteiger partial charge in [-0.15, -0.1) is 11.3 Å². The van der Waals surface area contributed by atoms with Crippen LogP contribution in [0.2, 0.25) is 0 Å². The predicted molar refractivity (Wildman–Crippen MR) is 126 cm³/mol. The largest absolute Gasteiger partial charge is 0.423 e. The number of aryl methyl sites for hydroxylation is 1. The molecule has 0 aliphatic carbocycles. The van der Waals surface area contributed by atoms with Gasteiger partial charge in [0.2, 0.25) is 0 Å². The molecule has 0 aliphatic rings. The molecule has 3 rings (SSSR count). The average molecular weight is 420 g/mol. The van der Waals surface area contributed by atoms with Crippen LogP contribution < -0.4 is 4.74 Å². The van der Waals surface area contributed by atoms with Crippen molar-refractivity contribution < 1.29 is 9.53 Å². The summed E-state index contributed by atoms with van der Waals surface area (Å²) in [6.07, 6.45) is 12.7. The summed E-state index contributed by atoms with van der Waals surface area (Å²) >= 11 is 1.80. The third-order valence-electron chi connectivity index (χ3n) is 4.92. The molecule has 156 valence electrons. The van der Waals surface area contributed by atoms with E-state index in [1.165, 1.54) is 43.1 Å². The van der Waals surface area contributed by atoms with Crippen molar-refractivity contribution in [1.29, 1.82) is 0 Å². The van der Waals surface area contributed by atoms with Gasteiger partial charge in [-0.2, -0.15) is 0 Å². The molecule has 0 radical (unpaired) electrons. The van der Waals surface area contributed by atoms with Crippen molar-refractivity contribution in [3.63, 3.8) is 0 Å². The second-order valence-corrected chi connectivity index (χ2v) is 8.43. The number of esters is 1. The highest BCUT2D eigenvalue weighted by molar-refractivity contribution is 7.15. The molecule has 0 fully saturated rings. The van der Waals surface area contributed by atoms with Gasteiger partial charge in [0.1, 0.15) is 10.8 Å². The first-order chi connectivity index (χ1) is 14.7. The maximum Gasteiger partial charge on any atom is 0.335 e. The zero-order chi connectivity index (χ0) is 21.2. The number of hydrogen-bond donors (Lipinski definition) is 0. The van der Waals surface area contributed by atoms with E-state index in [2.05, 4.69) is 36.2 Å². The molecule has 0 bridgehead atoms. The number of allylic oxidation sites excluding steroid dienone is 1. The van der Waals surface area contributed by atoms with Gasteiger partial charge in [-0.1, -0.05) is 75.1 Å². The number of hydrogen-bond acceptors (Lipinski definition) is 4. The minimum absolute atomic E-state index is 0.363. The Balaban J connectivity index is 1.59. The van der Waals surface area contributed by atoms with Gasteiger partial charge in [0.05, 0.1) is 0 Å². The average Bonchev–Trinajstić information content (AvgIpc) is 3.23. The van der Waals surface area contributed by atoms with Gasteiger partial charge < -0.3 is 4.74 Å². The smallest absolute Gasteiger partial charge is 0.335 e. The lowest BCUT2D eigenvalue weighted by Crippen LogP contribution is -2.03. The molecule has 0 aliphatic heterocycles. The minimum Gasteiger partial charge on any atom is -0.423 e. The topological polar surface area (TPSA) is 39.2 Å². The van der Waals surface area contributed by atoms with Crippen LogP contribution in [0.15, 0.2) is 66.9 Å². The van der Waals surface area contributed by atoms with Crippen LogP contribution in [-0.4, -0.2) is 11.0 Å². The van der Waals surface area contributed by atoms with Crippen molar-refractivity contribution >= 4 is 17.3 Å². The molecule has 0 spiro atoms. The fraction of sp³-hybridized carbons (Fsp3) is 0.308. The summed E-state index contributed by atoms with van der Waals surface area (Å²) in [6.45, 7) is 4.04. The fourth-order valence-corrected chi connectivity index (χ4v) is 4.23. The zero-order valence-electron chi connectivity index (χ0n) is 17.8. The van der Waals surface area contributed by atoms with E-state index in [9.17, 15) is 4.79 Å². The monoisotopic (exact) mass is 419 g/mol. The first-order valence-corrected chi connectivity index (χ1v) is 11.5. The maximum atomic E-state index is 11.5. The highest BCUT2D eigenvalue weighted by Crippen LogP contribution is 2.29. The van der Waals surface area contributed by atoms with Crippen LogP contribution in [0, 0.1) is 0 Å². The van der Waals surface area contributed by atoms with Gasteiger partial charge in [-0.25, -0.2) is 9.78 Å². The Labute approximate surface area is 183 Å². The van der Waals surface area contributed by atoms with Crippen molar-refractivity contribution in [1.82, 2.24) is 4.98 Å². The van der Waals surface area contributed by atoms with Crippen molar-refractivity contribution in [2.45, 2.75) is 52.4 Å². The zero-order valence-corrected chi connectivity index (χ0v) is 18.6. The van der Waals surface area contributed by atoms with E-state index in [1.54, 1.807) is 24.3 Å². The third-order valence-corrected chi connectivity index (χ3v) is 6.03. The number of unbranched alkanes of at least 4 members (excludes halogenated alkanes) is 4. The summed E-state index contributed by atoms with van der Waals surface area (Å²) in [5, 5.41) is 1.08. The van der Waals surface area contributed by atoms with E-state index in [1.807, 2.05) is 30.5 Å². The standard InChI is InChI=1S/C26H29NO2S/c1-3-5-6-7-8-10-24-19-27-26(30-24)22-13-11-20(12-14-22)21-15-17-23(18-16-21)29-25(28)9-4-2/h4,9,11-19H,3,5-8,10H2,1-2H3. The normalized spacial score (nSPS) is 11.1. The van der Waals surface area contributed by atoms with Crippen LogP contribution >= 0.6 is 11.3 Å². The van der Waals surface area contributed by atoms with E-state index in [0.717, 1.165) is 28.1 Å². The van der Waals surface area contributed by atoms with Crippen molar-refractivity contribution in [2.75, 3.05) is 0 Å². The Morgan fingerprint density at radius 1 is 0.933 bits per heavy atom. The van der Waals surface area contributed by atoms with Gasteiger partial charge in [-0.3, -0.25) is 0 Å². The minimum atomic E-state index is -0.363. The van der Waals surface area contributed by atoms with Gasteiger partial charge >= 0.3 is 5.97 Å². The fourth-order valence-electron chi connectivity index (χ4n) is 3.27.